The largest absolute Gasteiger partial charge is 0.508 e. The maximum absolute atomic E-state index is 13.4. The van der Waals surface area contributed by atoms with Crippen molar-refractivity contribution < 1.29 is 29.4 Å². The molecule has 11 nitrogen and oxygen atoms in total. The van der Waals surface area contributed by atoms with Crippen molar-refractivity contribution in [2.24, 2.45) is 11.7 Å². The van der Waals surface area contributed by atoms with Crippen molar-refractivity contribution in [3.8, 4) is 5.75 Å². The van der Waals surface area contributed by atoms with E-state index >= 15 is 0 Å². The van der Waals surface area contributed by atoms with Gasteiger partial charge in [0.05, 0.1) is 6.04 Å². The molecule has 0 spiro atoms. The number of rotatable bonds is 13. The van der Waals surface area contributed by atoms with E-state index in [9.17, 15) is 24.3 Å². The van der Waals surface area contributed by atoms with Crippen LogP contribution in [0.25, 0.3) is 10.9 Å². The molecule has 3 aromatic rings. The van der Waals surface area contributed by atoms with Crippen molar-refractivity contribution in [1.29, 1.82) is 0 Å². The van der Waals surface area contributed by atoms with E-state index in [1.807, 2.05) is 31.2 Å². The summed E-state index contributed by atoms with van der Waals surface area (Å²) in [5.41, 5.74) is 8.48. The molecule has 1 aromatic heterocycles. The number of aromatic hydroxyl groups is 1. The van der Waals surface area contributed by atoms with Crippen LogP contribution in [0.4, 0.5) is 0 Å². The Bertz CT molecular complexity index is 1310. The van der Waals surface area contributed by atoms with Gasteiger partial charge in [0, 0.05) is 23.5 Å². The van der Waals surface area contributed by atoms with Crippen LogP contribution < -0.4 is 21.7 Å². The van der Waals surface area contributed by atoms with E-state index in [0.717, 1.165) is 22.0 Å². The summed E-state index contributed by atoms with van der Waals surface area (Å²) in [7, 11) is 0. The van der Waals surface area contributed by atoms with Gasteiger partial charge in [0.1, 0.15) is 24.4 Å². The summed E-state index contributed by atoms with van der Waals surface area (Å²) in [5, 5.41) is 27.1. The number of para-hydroxylation sites is 1. The van der Waals surface area contributed by atoms with Crippen LogP contribution in [0.2, 0.25) is 0 Å². The highest BCUT2D eigenvalue weighted by molar-refractivity contribution is 5.94. The predicted octanol–water partition coefficient (Wildman–Crippen LogP) is 1.20. The Morgan fingerprint density at radius 3 is 2.31 bits per heavy atom. The van der Waals surface area contributed by atoms with Crippen LogP contribution >= 0.6 is 0 Å². The summed E-state index contributed by atoms with van der Waals surface area (Å²) in [6, 6.07) is 10.8. The minimum atomic E-state index is -1.21. The molecule has 0 aliphatic rings. The maximum Gasteiger partial charge on any atom is 0.322 e. The number of aromatic amines is 1. The number of benzene rings is 2. The average molecular weight is 538 g/mol. The molecule has 3 amide bonds. The van der Waals surface area contributed by atoms with Crippen LogP contribution in [0.5, 0.6) is 5.75 Å². The van der Waals surface area contributed by atoms with Crippen LogP contribution in [0.3, 0.4) is 0 Å². The highest BCUT2D eigenvalue weighted by atomic mass is 16.4. The third-order valence-electron chi connectivity index (χ3n) is 6.67. The number of hydrogen-bond acceptors (Lipinski definition) is 6. The summed E-state index contributed by atoms with van der Waals surface area (Å²) in [4.78, 5) is 53.5. The molecule has 4 unspecified atom stereocenters. The lowest BCUT2D eigenvalue weighted by Crippen LogP contribution is -2.58. The van der Waals surface area contributed by atoms with Crippen LogP contribution in [0, 0.1) is 5.92 Å². The molecule has 208 valence electrons. The first-order valence-electron chi connectivity index (χ1n) is 12.8. The molecule has 0 fully saturated rings. The fraction of sp³-hybridized carbons (Fsp3) is 0.357. The Balaban J connectivity index is 1.76. The zero-order valence-corrected chi connectivity index (χ0v) is 21.9. The topological polar surface area (TPSA) is 187 Å². The Labute approximate surface area is 226 Å². The van der Waals surface area contributed by atoms with Gasteiger partial charge in [-0.1, -0.05) is 50.6 Å². The number of fused-ring (bicyclic) bond motifs is 1. The number of carboxylic acid groups (broad SMARTS) is 1. The minimum absolute atomic E-state index is 0.0971. The second-order valence-corrected chi connectivity index (χ2v) is 9.59. The van der Waals surface area contributed by atoms with Gasteiger partial charge in [-0.05, 0) is 41.7 Å². The van der Waals surface area contributed by atoms with Gasteiger partial charge in [-0.3, -0.25) is 19.2 Å². The van der Waals surface area contributed by atoms with E-state index in [2.05, 4.69) is 20.9 Å². The van der Waals surface area contributed by atoms with Crippen molar-refractivity contribution >= 4 is 34.6 Å². The number of nitrogens with two attached hydrogens (primary N) is 1. The van der Waals surface area contributed by atoms with E-state index in [1.165, 1.54) is 12.1 Å². The molecule has 0 saturated carbocycles. The summed E-state index contributed by atoms with van der Waals surface area (Å²) < 4.78 is 0. The van der Waals surface area contributed by atoms with Gasteiger partial charge >= 0.3 is 5.97 Å². The van der Waals surface area contributed by atoms with E-state index in [-0.39, 0.29) is 24.5 Å². The number of aromatic nitrogens is 1. The molecule has 0 aliphatic heterocycles. The summed E-state index contributed by atoms with van der Waals surface area (Å²) in [6.07, 6.45) is 2.60. The SMILES string of the molecule is CCC(C)C(NC(=O)C(N)Cc1ccc(O)cc1)C(=O)NC(Cc1c[nH]c2ccccc12)C(=O)NCC(=O)O. The van der Waals surface area contributed by atoms with Gasteiger partial charge in [-0.15, -0.1) is 0 Å². The van der Waals surface area contributed by atoms with Crippen LogP contribution in [0.15, 0.2) is 54.7 Å². The zero-order valence-electron chi connectivity index (χ0n) is 21.9. The van der Waals surface area contributed by atoms with Crippen LogP contribution in [-0.4, -0.2) is 63.6 Å². The number of amides is 3. The fourth-order valence-electron chi connectivity index (χ4n) is 4.22. The van der Waals surface area contributed by atoms with Crippen molar-refractivity contribution in [1.82, 2.24) is 20.9 Å². The van der Waals surface area contributed by atoms with Gasteiger partial charge in [-0.2, -0.15) is 0 Å². The number of phenols is 1. The van der Waals surface area contributed by atoms with E-state index < -0.39 is 48.4 Å². The number of carbonyl (C=O) groups is 4. The summed E-state index contributed by atoms with van der Waals surface area (Å²) >= 11 is 0. The van der Waals surface area contributed by atoms with Gasteiger partial charge in [0.15, 0.2) is 0 Å². The standard InChI is InChI=1S/C28H35N5O6/c1-3-16(2)25(33-26(37)21(29)12-17-8-10-19(34)11-9-17)28(39)32-23(27(38)31-15-24(35)36)13-18-14-30-22-7-5-4-6-20(18)22/h4-11,14,16,21,23,25,30,34H,3,12-13,15,29H2,1-2H3,(H,31,38)(H,32,39)(H,33,37)(H,35,36). The van der Waals surface area contributed by atoms with E-state index in [4.69, 9.17) is 10.8 Å². The average Bonchev–Trinajstić information content (AvgIpc) is 3.33. The second-order valence-electron chi connectivity index (χ2n) is 9.59. The molecule has 0 aliphatic carbocycles. The lowest BCUT2D eigenvalue weighted by atomic mass is 9.96. The highest BCUT2D eigenvalue weighted by Gasteiger charge is 2.31. The first kappa shape index (κ1) is 29.2. The van der Waals surface area contributed by atoms with Gasteiger partial charge in [0.2, 0.25) is 17.7 Å². The molecule has 3 rings (SSSR count). The van der Waals surface area contributed by atoms with Crippen molar-refractivity contribution in [3.63, 3.8) is 0 Å². The normalized spacial score (nSPS) is 14.1. The first-order valence-corrected chi connectivity index (χ1v) is 12.8. The maximum atomic E-state index is 13.4. The summed E-state index contributed by atoms with van der Waals surface area (Å²) in [5.74, 6) is -3.18. The second kappa shape index (κ2) is 13.4. The lowest BCUT2D eigenvalue weighted by Gasteiger charge is -2.27. The molecule has 2 aromatic carbocycles. The number of H-pyrrole nitrogens is 1. The monoisotopic (exact) mass is 537 g/mol. The number of hydrogen-bond donors (Lipinski definition) is 7. The predicted molar refractivity (Wildman–Crippen MR) is 146 cm³/mol. The quantitative estimate of drug-likeness (QED) is 0.171. The van der Waals surface area contributed by atoms with Crippen LogP contribution in [-0.2, 0) is 32.0 Å². The number of nitrogens with one attached hydrogen (secondary N) is 4. The number of carboxylic acids is 1. The third-order valence-corrected chi connectivity index (χ3v) is 6.67. The Hall–Kier alpha value is -4.38. The third kappa shape index (κ3) is 8.05. The Morgan fingerprint density at radius 2 is 1.64 bits per heavy atom. The molecule has 1 heterocycles. The molecule has 0 saturated heterocycles. The lowest BCUT2D eigenvalue weighted by molar-refractivity contribution is -0.138. The minimum Gasteiger partial charge on any atom is -0.508 e. The number of carbonyl (C=O) groups excluding carboxylic acids is 3. The van der Waals surface area contributed by atoms with Crippen molar-refractivity contribution in [2.75, 3.05) is 6.54 Å². The fourth-order valence-corrected chi connectivity index (χ4v) is 4.22. The summed E-state index contributed by atoms with van der Waals surface area (Å²) in [6.45, 7) is 3.07. The number of aliphatic carboxylic acids is 1. The Morgan fingerprint density at radius 1 is 0.949 bits per heavy atom. The molecule has 0 radical (unpaired) electrons. The Kier molecular flexibility index (Phi) is 10.0. The molecule has 8 N–H and O–H groups in total. The molecule has 0 bridgehead atoms. The van der Waals surface area contributed by atoms with Crippen molar-refractivity contribution in [2.45, 2.75) is 51.2 Å². The van der Waals surface area contributed by atoms with Gasteiger partial charge in [0.25, 0.3) is 0 Å². The van der Waals surface area contributed by atoms with Crippen LogP contribution in [0.1, 0.15) is 31.4 Å². The molecule has 39 heavy (non-hydrogen) atoms. The molecule has 4 atom stereocenters. The molecular formula is C28H35N5O6. The van der Waals surface area contributed by atoms with Crippen molar-refractivity contribution in [3.05, 3.63) is 65.9 Å². The molecule has 11 heteroatoms. The van der Waals surface area contributed by atoms with Gasteiger partial charge < -0.3 is 36.9 Å². The zero-order chi connectivity index (χ0) is 28.5. The van der Waals surface area contributed by atoms with E-state index in [1.54, 1.807) is 25.3 Å². The van der Waals surface area contributed by atoms with E-state index in [0.29, 0.717) is 6.42 Å². The smallest absolute Gasteiger partial charge is 0.322 e. The van der Waals surface area contributed by atoms with Gasteiger partial charge in [-0.25, -0.2) is 0 Å². The molecular weight excluding hydrogens is 502 g/mol. The number of phenolic OH excluding ortho intramolecular Hbond substituents is 1. The highest BCUT2D eigenvalue weighted by Crippen LogP contribution is 2.20. The first-order chi connectivity index (χ1) is 18.6.